The van der Waals surface area contributed by atoms with Crippen LogP contribution in [-0.2, 0) is 0 Å². The number of rotatable bonds is 2. The Kier molecular flexibility index (Phi) is 3.35. The van der Waals surface area contributed by atoms with Gasteiger partial charge in [0.25, 0.3) is 5.88 Å². The van der Waals surface area contributed by atoms with Crippen LogP contribution >= 0.6 is 11.6 Å². The summed E-state index contributed by atoms with van der Waals surface area (Å²) in [6.07, 6.45) is 2.83. The summed E-state index contributed by atoms with van der Waals surface area (Å²) in [6, 6.07) is 7.13. The highest BCUT2D eigenvalue weighted by Crippen LogP contribution is 2.19. The molecule has 0 aliphatic heterocycles. The first-order chi connectivity index (χ1) is 8.18. The highest BCUT2D eigenvalue weighted by molar-refractivity contribution is 6.30. The van der Waals surface area contributed by atoms with E-state index in [4.69, 9.17) is 16.3 Å². The van der Waals surface area contributed by atoms with Crippen molar-refractivity contribution in [3.8, 4) is 5.88 Å². The van der Waals surface area contributed by atoms with E-state index in [1.54, 1.807) is 12.1 Å². The van der Waals surface area contributed by atoms with Crippen molar-refractivity contribution in [2.45, 2.75) is 6.92 Å². The van der Waals surface area contributed by atoms with E-state index >= 15 is 0 Å². The maximum Gasteiger partial charge on any atom is 0.345 e. The van der Waals surface area contributed by atoms with Crippen LogP contribution in [-0.4, -0.2) is 15.9 Å². The number of ether oxygens (including phenoxy) is 1. The summed E-state index contributed by atoms with van der Waals surface area (Å²) in [5, 5.41) is 0.0643. The second kappa shape index (κ2) is 4.93. The van der Waals surface area contributed by atoms with E-state index in [2.05, 4.69) is 9.97 Å². The van der Waals surface area contributed by atoms with Gasteiger partial charge in [-0.05, 0) is 18.6 Å². The number of carbonyl (C=O) groups excluding carboxylic acids is 1. The van der Waals surface area contributed by atoms with E-state index < -0.39 is 5.97 Å². The maximum atomic E-state index is 11.8. The Morgan fingerprint density at radius 2 is 1.94 bits per heavy atom. The average molecular weight is 249 g/mol. The number of benzene rings is 1. The molecule has 1 aromatic carbocycles. The Labute approximate surface area is 103 Å². The first kappa shape index (κ1) is 11.5. The molecule has 0 atom stereocenters. The molecule has 0 fully saturated rings. The third-order valence-electron chi connectivity index (χ3n) is 2.18. The zero-order chi connectivity index (χ0) is 12.3. The van der Waals surface area contributed by atoms with Crippen molar-refractivity contribution in [1.29, 1.82) is 0 Å². The van der Waals surface area contributed by atoms with Gasteiger partial charge in [-0.2, -0.15) is 0 Å². The zero-order valence-corrected chi connectivity index (χ0v) is 9.81. The van der Waals surface area contributed by atoms with Crippen molar-refractivity contribution < 1.29 is 9.53 Å². The van der Waals surface area contributed by atoms with Crippen LogP contribution in [0.1, 0.15) is 15.9 Å². The van der Waals surface area contributed by atoms with Crippen molar-refractivity contribution in [2.75, 3.05) is 0 Å². The number of halogens is 1. The molecule has 0 radical (unpaired) electrons. The molecular weight excluding hydrogens is 240 g/mol. The molecule has 1 aromatic heterocycles. The van der Waals surface area contributed by atoms with Gasteiger partial charge >= 0.3 is 5.97 Å². The predicted molar refractivity (Wildman–Crippen MR) is 63.2 cm³/mol. The molecule has 0 amide bonds. The van der Waals surface area contributed by atoms with Crippen LogP contribution < -0.4 is 4.74 Å². The van der Waals surface area contributed by atoms with Crippen molar-refractivity contribution in [1.82, 2.24) is 9.97 Å². The summed E-state index contributed by atoms with van der Waals surface area (Å²) in [5.74, 6) is -0.479. The zero-order valence-electron chi connectivity index (χ0n) is 9.05. The Hall–Kier alpha value is -1.94. The number of carbonyl (C=O) groups is 1. The molecule has 2 aromatic rings. The van der Waals surface area contributed by atoms with Gasteiger partial charge in [-0.15, -0.1) is 0 Å². The molecule has 0 saturated heterocycles. The minimum atomic E-state index is -0.495. The van der Waals surface area contributed by atoms with Crippen LogP contribution in [0.25, 0.3) is 0 Å². The van der Waals surface area contributed by atoms with Gasteiger partial charge < -0.3 is 4.74 Å². The van der Waals surface area contributed by atoms with Gasteiger partial charge in [0, 0.05) is 12.4 Å². The SMILES string of the molecule is Cc1ccccc1C(=O)Oc1nccnc1Cl. The second-order valence-electron chi connectivity index (χ2n) is 3.36. The lowest BCUT2D eigenvalue weighted by molar-refractivity contribution is 0.0726. The fraction of sp³-hybridized carbons (Fsp3) is 0.0833. The fourth-order valence-corrected chi connectivity index (χ4v) is 1.47. The first-order valence-corrected chi connectivity index (χ1v) is 5.30. The minimum Gasteiger partial charge on any atom is -0.400 e. The van der Waals surface area contributed by atoms with Crippen LogP contribution in [0.15, 0.2) is 36.7 Å². The third-order valence-corrected chi connectivity index (χ3v) is 2.44. The highest BCUT2D eigenvalue weighted by atomic mass is 35.5. The van der Waals surface area contributed by atoms with Gasteiger partial charge in [0.1, 0.15) is 0 Å². The lowest BCUT2D eigenvalue weighted by Gasteiger charge is -2.05. The van der Waals surface area contributed by atoms with Crippen LogP contribution in [0.4, 0.5) is 0 Å². The van der Waals surface area contributed by atoms with Gasteiger partial charge in [-0.25, -0.2) is 14.8 Å². The lowest BCUT2D eigenvalue weighted by Crippen LogP contribution is -2.11. The molecule has 5 heteroatoms. The summed E-state index contributed by atoms with van der Waals surface area (Å²) < 4.78 is 5.07. The summed E-state index contributed by atoms with van der Waals surface area (Å²) >= 11 is 5.74. The monoisotopic (exact) mass is 248 g/mol. The molecule has 1 heterocycles. The number of aromatic nitrogens is 2. The quantitative estimate of drug-likeness (QED) is 0.767. The number of nitrogens with zero attached hydrogens (tertiary/aromatic N) is 2. The molecule has 0 saturated carbocycles. The van der Waals surface area contributed by atoms with E-state index in [0.29, 0.717) is 5.56 Å². The molecule has 0 unspecified atom stereocenters. The van der Waals surface area contributed by atoms with Crippen molar-refractivity contribution in [2.24, 2.45) is 0 Å². The van der Waals surface area contributed by atoms with Gasteiger partial charge in [0.05, 0.1) is 5.56 Å². The average Bonchev–Trinajstić information content (AvgIpc) is 2.32. The van der Waals surface area contributed by atoms with Crippen molar-refractivity contribution in [3.63, 3.8) is 0 Å². The van der Waals surface area contributed by atoms with Crippen LogP contribution in [0.3, 0.4) is 0 Å². The van der Waals surface area contributed by atoms with Gasteiger partial charge in [0.15, 0.2) is 5.15 Å². The minimum absolute atomic E-state index is 0.0161. The van der Waals surface area contributed by atoms with E-state index in [-0.39, 0.29) is 11.0 Å². The molecule has 4 nitrogen and oxygen atoms in total. The highest BCUT2D eigenvalue weighted by Gasteiger charge is 2.13. The molecule has 0 N–H and O–H groups in total. The van der Waals surface area contributed by atoms with Crippen molar-refractivity contribution >= 4 is 17.6 Å². The summed E-state index contributed by atoms with van der Waals surface area (Å²) in [4.78, 5) is 19.4. The molecular formula is C12H9ClN2O2. The maximum absolute atomic E-state index is 11.8. The van der Waals surface area contributed by atoms with Gasteiger partial charge in [-0.1, -0.05) is 29.8 Å². The number of esters is 1. The Morgan fingerprint density at radius 1 is 1.24 bits per heavy atom. The van der Waals surface area contributed by atoms with Crippen molar-refractivity contribution in [3.05, 3.63) is 52.9 Å². The van der Waals surface area contributed by atoms with Crippen LogP contribution in [0.2, 0.25) is 5.15 Å². The lowest BCUT2D eigenvalue weighted by atomic mass is 10.1. The Morgan fingerprint density at radius 3 is 2.65 bits per heavy atom. The molecule has 0 aliphatic rings. The molecule has 0 bridgehead atoms. The van der Waals surface area contributed by atoms with E-state index in [0.717, 1.165) is 5.56 Å². The fourth-order valence-electron chi connectivity index (χ4n) is 1.32. The first-order valence-electron chi connectivity index (χ1n) is 4.93. The topological polar surface area (TPSA) is 52.1 Å². The molecule has 0 spiro atoms. The number of hydrogen-bond acceptors (Lipinski definition) is 4. The normalized spacial score (nSPS) is 10.0. The number of hydrogen-bond donors (Lipinski definition) is 0. The molecule has 0 aliphatic carbocycles. The largest absolute Gasteiger partial charge is 0.400 e. The van der Waals surface area contributed by atoms with Gasteiger partial charge in [-0.3, -0.25) is 0 Å². The second-order valence-corrected chi connectivity index (χ2v) is 3.71. The number of aryl methyl sites for hydroxylation is 1. The molecule has 2 rings (SSSR count). The van der Waals surface area contributed by atoms with Crippen LogP contribution in [0.5, 0.6) is 5.88 Å². The predicted octanol–water partition coefficient (Wildman–Crippen LogP) is 2.66. The van der Waals surface area contributed by atoms with E-state index in [1.807, 2.05) is 19.1 Å². The van der Waals surface area contributed by atoms with E-state index in [1.165, 1.54) is 12.4 Å². The van der Waals surface area contributed by atoms with Crippen LogP contribution in [0, 0.1) is 6.92 Å². The molecule has 17 heavy (non-hydrogen) atoms. The smallest absolute Gasteiger partial charge is 0.345 e. The Bertz CT molecular complexity index is 558. The van der Waals surface area contributed by atoms with Gasteiger partial charge in [0.2, 0.25) is 0 Å². The standard InChI is InChI=1S/C12H9ClN2O2/c1-8-4-2-3-5-9(8)12(16)17-11-10(13)14-6-7-15-11/h2-7H,1H3. The molecule has 86 valence electrons. The summed E-state index contributed by atoms with van der Waals surface area (Å²) in [5.41, 5.74) is 1.31. The Balaban J connectivity index is 2.24. The van der Waals surface area contributed by atoms with E-state index in [9.17, 15) is 4.79 Å². The third kappa shape index (κ3) is 2.60. The summed E-state index contributed by atoms with van der Waals surface area (Å²) in [7, 11) is 0. The summed E-state index contributed by atoms with van der Waals surface area (Å²) in [6.45, 7) is 1.83.